The third-order valence-electron chi connectivity index (χ3n) is 3.23. The van der Waals surface area contributed by atoms with Crippen LogP contribution < -0.4 is 5.32 Å². The lowest BCUT2D eigenvalue weighted by molar-refractivity contribution is 0.330. The highest BCUT2D eigenvalue weighted by Crippen LogP contribution is 2.18. The van der Waals surface area contributed by atoms with E-state index >= 15 is 0 Å². The van der Waals surface area contributed by atoms with Crippen molar-refractivity contribution in [1.29, 1.82) is 0 Å². The molecule has 6 nitrogen and oxygen atoms in total. The van der Waals surface area contributed by atoms with E-state index in [1.807, 2.05) is 38.6 Å². The van der Waals surface area contributed by atoms with E-state index in [2.05, 4.69) is 27.5 Å². The molecule has 0 bridgehead atoms. The van der Waals surface area contributed by atoms with Crippen molar-refractivity contribution in [3.63, 3.8) is 0 Å². The molecule has 112 valence electrons. The van der Waals surface area contributed by atoms with Crippen molar-refractivity contribution in [1.82, 2.24) is 25.2 Å². The zero-order valence-electron chi connectivity index (χ0n) is 12.5. The Morgan fingerprint density at radius 1 is 1.35 bits per heavy atom. The Hall–Kier alpha value is -1.40. The molecular weight excluding hydrogens is 278 g/mol. The molecule has 0 saturated carbocycles. The molecule has 0 saturated heterocycles. The first-order valence-electron chi connectivity index (χ1n) is 6.53. The van der Waals surface area contributed by atoms with Gasteiger partial charge in [-0.25, -0.2) is 0 Å². The zero-order chi connectivity index (χ0) is 14.0. The maximum atomic E-state index is 5.34. The van der Waals surface area contributed by atoms with E-state index in [1.165, 1.54) is 0 Å². The Kier molecular flexibility index (Phi) is 5.71. The Morgan fingerprint density at radius 2 is 2.05 bits per heavy atom. The van der Waals surface area contributed by atoms with Gasteiger partial charge < -0.3 is 9.84 Å². The first kappa shape index (κ1) is 16.7. The molecule has 2 aromatic rings. The smallest absolute Gasteiger partial charge is 0.251 e. The van der Waals surface area contributed by atoms with Gasteiger partial charge in [-0.3, -0.25) is 4.68 Å². The predicted octanol–water partition coefficient (Wildman–Crippen LogP) is 2.06. The van der Waals surface area contributed by atoms with Crippen molar-refractivity contribution in [3.05, 3.63) is 29.2 Å². The second-order valence-electron chi connectivity index (χ2n) is 4.99. The summed E-state index contributed by atoms with van der Waals surface area (Å²) in [5.41, 5.74) is 2.08. The first-order valence-corrected chi connectivity index (χ1v) is 6.53. The van der Waals surface area contributed by atoms with Crippen LogP contribution >= 0.6 is 12.4 Å². The molecule has 0 aliphatic carbocycles. The second kappa shape index (κ2) is 6.85. The minimum absolute atomic E-state index is 0. The number of halogens is 1. The van der Waals surface area contributed by atoms with Crippen LogP contribution in [-0.4, -0.2) is 33.0 Å². The molecule has 2 atom stereocenters. The Bertz CT molecular complexity index is 551. The minimum Gasteiger partial charge on any atom is -0.337 e. The molecule has 0 aliphatic heterocycles. The molecule has 0 fully saturated rings. The van der Waals surface area contributed by atoms with Gasteiger partial charge in [0.25, 0.3) is 5.89 Å². The summed E-state index contributed by atoms with van der Waals surface area (Å²) in [5.74, 6) is 1.33. The fourth-order valence-electron chi connectivity index (χ4n) is 2.04. The van der Waals surface area contributed by atoms with E-state index < -0.39 is 0 Å². The summed E-state index contributed by atoms with van der Waals surface area (Å²) in [7, 11) is 1.92. The van der Waals surface area contributed by atoms with Gasteiger partial charge in [0.1, 0.15) is 6.04 Å². The molecule has 7 heteroatoms. The number of rotatable bonds is 5. The Labute approximate surface area is 125 Å². The fourth-order valence-corrected chi connectivity index (χ4v) is 2.04. The average molecular weight is 300 g/mol. The van der Waals surface area contributed by atoms with Crippen LogP contribution in [0.3, 0.4) is 0 Å². The molecule has 0 aromatic carbocycles. The van der Waals surface area contributed by atoms with Crippen LogP contribution in [0.1, 0.15) is 43.0 Å². The van der Waals surface area contributed by atoms with Gasteiger partial charge in [-0.15, -0.1) is 12.4 Å². The summed E-state index contributed by atoms with van der Waals surface area (Å²) < 4.78 is 7.25. The van der Waals surface area contributed by atoms with Gasteiger partial charge in [-0.05, 0) is 40.8 Å². The van der Waals surface area contributed by atoms with Crippen LogP contribution in [0.25, 0.3) is 0 Å². The van der Waals surface area contributed by atoms with Crippen molar-refractivity contribution in [2.24, 2.45) is 0 Å². The molecule has 20 heavy (non-hydrogen) atoms. The molecule has 2 heterocycles. The number of hydrogen-bond acceptors (Lipinski definition) is 5. The van der Waals surface area contributed by atoms with Crippen LogP contribution in [0.15, 0.2) is 10.6 Å². The Morgan fingerprint density at radius 3 is 2.60 bits per heavy atom. The first-order chi connectivity index (χ1) is 9.01. The molecule has 0 amide bonds. The van der Waals surface area contributed by atoms with Gasteiger partial charge >= 0.3 is 0 Å². The van der Waals surface area contributed by atoms with Crippen molar-refractivity contribution in [2.45, 2.75) is 46.2 Å². The lowest BCUT2D eigenvalue weighted by Crippen LogP contribution is -2.24. The van der Waals surface area contributed by atoms with Crippen LogP contribution in [0, 0.1) is 13.8 Å². The number of aromatic nitrogens is 4. The SMILES string of the molecule is CNC(C)Cc1noc(C(C)n2nc(C)cc2C)n1.Cl. The van der Waals surface area contributed by atoms with Crippen molar-refractivity contribution >= 4 is 12.4 Å². The topological polar surface area (TPSA) is 68.8 Å². The van der Waals surface area contributed by atoms with Gasteiger partial charge in [-0.2, -0.15) is 10.1 Å². The van der Waals surface area contributed by atoms with Crippen molar-refractivity contribution in [2.75, 3.05) is 7.05 Å². The number of aryl methyl sites for hydroxylation is 2. The van der Waals surface area contributed by atoms with Crippen molar-refractivity contribution < 1.29 is 4.52 Å². The van der Waals surface area contributed by atoms with Crippen LogP contribution in [0.4, 0.5) is 0 Å². The molecule has 1 N–H and O–H groups in total. The molecule has 0 radical (unpaired) electrons. The van der Waals surface area contributed by atoms with E-state index in [9.17, 15) is 0 Å². The largest absolute Gasteiger partial charge is 0.337 e. The standard InChI is InChI=1S/C13H21N5O.ClH/c1-8(14-5)7-12-15-13(19-17-12)11(4)18-10(3)6-9(2)16-18;/h6,8,11,14H,7H2,1-5H3;1H. The second-order valence-corrected chi connectivity index (χ2v) is 4.99. The third-order valence-corrected chi connectivity index (χ3v) is 3.23. The van der Waals surface area contributed by atoms with E-state index in [4.69, 9.17) is 4.52 Å². The van der Waals surface area contributed by atoms with Crippen LogP contribution in [0.2, 0.25) is 0 Å². The summed E-state index contributed by atoms with van der Waals surface area (Å²) in [5, 5.41) is 11.6. The average Bonchev–Trinajstić information content (AvgIpc) is 2.95. The molecule has 2 aromatic heterocycles. The summed E-state index contributed by atoms with van der Waals surface area (Å²) >= 11 is 0. The zero-order valence-corrected chi connectivity index (χ0v) is 13.4. The monoisotopic (exact) mass is 299 g/mol. The quantitative estimate of drug-likeness (QED) is 0.915. The fraction of sp³-hybridized carbons (Fsp3) is 0.615. The number of likely N-dealkylation sites (N-methyl/N-ethyl adjacent to an activating group) is 1. The van der Waals surface area contributed by atoms with Crippen LogP contribution in [-0.2, 0) is 6.42 Å². The Balaban J connectivity index is 0.00000200. The van der Waals surface area contributed by atoms with Gasteiger partial charge in [0, 0.05) is 18.2 Å². The molecule has 0 spiro atoms. The maximum absolute atomic E-state index is 5.34. The lowest BCUT2D eigenvalue weighted by Gasteiger charge is -2.09. The molecule has 2 rings (SSSR count). The summed E-state index contributed by atoms with van der Waals surface area (Å²) in [6.07, 6.45) is 0.754. The summed E-state index contributed by atoms with van der Waals surface area (Å²) in [6, 6.07) is 2.32. The number of nitrogens with zero attached hydrogens (tertiary/aromatic N) is 4. The third kappa shape index (κ3) is 3.58. The van der Waals surface area contributed by atoms with E-state index in [0.717, 1.165) is 23.6 Å². The predicted molar refractivity (Wildman–Crippen MR) is 79.3 cm³/mol. The molecular formula is C13H22ClN5O. The van der Waals surface area contributed by atoms with Gasteiger partial charge in [0.05, 0.1) is 5.69 Å². The van der Waals surface area contributed by atoms with E-state index in [-0.39, 0.29) is 18.4 Å². The van der Waals surface area contributed by atoms with Gasteiger partial charge in [-0.1, -0.05) is 5.16 Å². The molecule has 2 unspecified atom stereocenters. The van der Waals surface area contributed by atoms with E-state index in [1.54, 1.807) is 0 Å². The highest BCUT2D eigenvalue weighted by molar-refractivity contribution is 5.85. The highest BCUT2D eigenvalue weighted by Gasteiger charge is 2.19. The van der Waals surface area contributed by atoms with E-state index in [0.29, 0.717) is 11.9 Å². The maximum Gasteiger partial charge on any atom is 0.251 e. The number of nitrogens with one attached hydrogen (secondary N) is 1. The number of hydrogen-bond donors (Lipinski definition) is 1. The van der Waals surface area contributed by atoms with Crippen LogP contribution in [0.5, 0.6) is 0 Å². The summed E-state index contributed by atoms with van der Waals surface area (Å²) in [4.78, 5) is 4.45. The van der Waals surface area contributed by atoms with Crippen molar-refractivity contribution in [3.8, 4) is 0 Å². The highest BCUT2D eigenvalue weighted by atomic mass is 35.5. The lowest BCUT2D eigenvalue weighted by atomic mass is 10.2. The molecule has 0 aliphatic rings. The summed E-state index contributed by atoms with van der Waals surface area (Å²) in [6.45, 7) is 8.10. The van der Waals surface area contributed by atoms with Gasteiger partial charge in [0.2, 0.25) is 0 Å². The normalized spacial score (nSPS) is 13.8. The minimum atomic E-state index is -0.0418. The van der Waals surface area contributed by atoms with Gasteiger partial charge in [0.15, 0.2) is 5.82 Å².